The van der Waals surface area contributed by atoms with Crippen LogP contribution < -0.4 is 5.32 Å². The molecule has 1 saturated carbocycles. The predicted molar refractivity (Wildman–Crippen MR) is 74.3 cm³/mol. The van der Waals surface area contributed by atoms with Crippen molar-refractivity contribution in [1.29, 1.82) is 0 Å². The summed E-state index contributed by atoms with van der Waals surface area (Å²) in [6, 6.07) is 4.15. The van der Waals surface area contributed by atoms with Crippen LogP contribution in [0.5, 0.6) is 0 Å². The molecule has 0 bridgehead atoms. The monoisotopic (exact) mass is 335 g/mol. The molecule has 19 heavy (non-hydrogen) atoms. The molecule has 1 aromatic rings. The quantitative estimate of drug-likeness (QED) is 0.693. The Morgan fingerprint density at radius 2 is 1.68 bits per heavy atom. The highest BCUT2D eigenvalue weighted by molar-refractivity contribution is 9.10. The second kappa shape index (κ2) is 6.16. The molecule has 0 aromatic heterocycles. The van der Waals surface area contributed by atoms with Crippen LogP contribution in [0.3, 0.4) is 0 Å². The fourth-order valence-corrected chi connectivity index (χ4v) is 2.95. The molecule has 1 fully saturated rings. The summed E-state index contributed by atoms with van der Waals surface area (Å²) in [5, 5.41) is 3.35. The van der Waals surface area contributed by atoms with Crippen LogP contribution in [-0.2, 0) is 6.18 Å². The number of nitrogens with one attached hydrogen (secondary N) is 1. The number of hydrogen-bond donors (Lipinski definition) is 1. The fourth-order valence-electron chi connectivity index (χ4n) is 2.45. The number of alkyl halides is 3. The number of rotatable bonds is 2. The first-order valence-corrected chi connectivity index (χ1v) is 7.39. The van der Waals surface area contributed by atoms with Crippen LogP contribution >= 0.6 is 15.9 Å². The minimum absolute atomic E-state index is 0.371. The van der Waals surface area contributed by atoms with Crippen LogP contribution in [-0.4, -0.2) is 6.04 Å². The molecule has 1 aliphatic carbocycles. The van der Waals surface area contributed by atoms with Crippen LogP contribution in [0.2, 0.25) is 0 Å². The topological polar surface area (TPSA) is 12.0 Å². The molecule has 0 saturated heterocycles. The summed E-state index contributed by atoms with van der Waals surface area (Å²) in [4.78, 5) is 0. The summed E-state index contributed by atoms with van der Waals surface area (Å²) in [7, 11) is 0. The maximum Gasteiger partial charge on any atom is 0.416 e. The van der Waals surface area contributed by atoms with Gasteiger partial charge in [-0.1, -0.05) is 25.7 Å². The Bertz CT molecular complexity index is 423. The first-order chi connectivity index (χ1) is 8.97. The van der Waals surface area contributed by atoms with E-state index in [4.69, 9.17) is 0 Å². The van der Waals surface area contributed by atoms with Gasteiger partial charge in [0.2, 0.25) is 0 Å². The molecule has 0 heterocycles. The molecule has 1 nitrogen and oxygen atoms in total. The van der Waals surface area contributed by atoms with E-state index in [0.717, 1.165) is 30.7 Å². The van der Waals surface area contributed by atoms with Gasteiger partial charge in [0.1, 0.15) is 0 Å². The van der Waals surface area contributed by atoms with E-state index in [2.05, 4.69) is 21.2 Å². The highest BCUT2D eigenvalue weighted by Gasteiger charge is 2.30. The molecular formula is C14H17BrF3N. The smallest absolute Gasteiger partial charge is 0.381 e. The van der Waals surface area contributed by atoms with Crippen molar-refractivity contribution < 1.29 is 13.2 Å². The maximum atomic E-state index is 12.6. The van der Waals surface area contributed by atoms with E-state index in [1.807, 2.05) is 0 Å². The van der Waals surface area contributed by atoms with Crippen LogP contribution in [0.25, 0.3) is 0 Å². The molecule has 0 amide bonds. The van der Waals surface area contributed by atoms with Crippen molar-refractivity contribution in [1.82, 2.24) is 0 Å². The number of hydrogen-bond acceptors (Lipinski definition) is 1. The Balaban J connectivity index is 2.08. The SMILES string of the molecule is FC(F)(F)c1ccc(NC2CCCCCC2)c(Br)c1. The average molecular weight is 336 g/mol. The minimum Gasteiger partial charge on any atom is -0.381 e. The Morgan fingerprint density at radius 3 is 2.21 bits per heavy atom. The van der Waals surface area contributed by atoms with Gasteiger partial charge in [-0.05, 0) is 47.0 Å². The van der Waals surface area contributed by atoms with Gasteiger partial charge in [0.15, 0.2) is 0 Å². The zero-order chi connectivity index (χ0) is 13.9. The third-order valence-corrected chi connectivity index (χ3v) is 4.17. The lowest BCUT2D eigenvalue weighted by atomic mass is 10.1. The van der Waals surface area contributed by atoms with E-state index in [1.54, 1.807) is 0 Å². The Hall–Kier alpha value is -0.710. The molecule has 0 atom stereocenters. The summed E-state index contributed by atoms with van der Waals surface area (Å²) in [6.07, 6.45) is 2.79. The average Bonchev–Trinajstić information content (AvgIpc) is 2.59. The lowest BCUT2D eigenvalue weighted by molar-refractivity contribution is -0.137. The summed E-state index contributed by atoms with van der Waals surface area (Å²) < 4.78 is 38.2. The third-order valence-electron chi connectivity index (χ3n) is 3.51. The van der Waals surface area contributed by atoms with Gasteiger partial charge in [-0.2, -0.15) is 13.2 Å². The maximum absolute atomic E-state index is 12.6. The molecular weight excluding hydrogens is 319 g/mol. The van der Waals surface area contributed by atoms with Crippen LogP contribution in [0, 0.1) is 0 Å². The van der Waals surface area contributed by atoms with E-state index in [9.17, 15) is 13.2 Å². The molecule has 0 aliphatic heterocycles. The Kier molecular flexibility index (Phi) is 4.76. The summed E-state index contributed by atoms with van der Waals surface area (Å²) in [5.41, 5.74) is 0.130. The molecule has 0 unspecified atom stereocenters. The second-order valence-electron chi connectivity index (χ2n) is 5.03. The molecule has 1 N–H and O–H groups in total. The van der Waals surface area contributed by atoms with Gasteiger partial charge in [-0.15, -0.1) is 0 Å². The molecule has 0 radical (unpaired) electrons. The van der Waals surface area contributed by atoms with Crippen LogP contribution in [0.1, 0.15) is 44.1 Å². The summed E-state index contributed by atoms with van der Waals surface area (Å²) in [6.45, 7) is 0. The first kappa shape index (κ1) is 14.7. The highest BCUT2D eigenvalue weighted by atomic mass is 79.9. The van der Waals surface area contributed by atoms with Crippen LogP contribution in [0.4, 0.5) is 18.9 Å². The van der Waals surface area contributed by atoms with Gasteiger partial charge in [-0.25, -0.2) is 0 Å². The van der Waals surface area contributed by atoms with Gasteiger partial charge in [0.05, 0.1) is 5.56 Å². The standard InChI is InChI=1S/C14H17BrF3N/c15-12-9-10(14(16,17)18)7-8-13(12)19-11-5-3-1-2-4-6-11/h7-9,11,19H,1-6H2. The second-order valence-corrected chi connectivity index (χ2v) is 5.88. The largest absolute Gasteiger partial charge is 0.416 e. The van der Waals surface area contributed by atoms with Crippen molar-refractivity contribution in [3.05, 3.63) is 28.2 Å². The third kappa shape index (κ3) is 4.13. The zero-order valence-corrected chi connectivity index (χ0v) is 12.1. The Labute approximate surface area is 119 Å². The molecule has 1 aromatic carbocycles. The van der Waals surface area contributed by atoms with Gasteiger partial charge in [0.25, 0.3) is 0 Å². The van der Waals surface area contributed by atoms with E-state index in [-0.39, 0.29) is 0 Å². The molecule has 1 aliphatic rings. The van der Waals surface area contributed by atoms with Crippen molar-refractivity contribution in [3.8, 4) is 0 Å². The lowest BCUT2D eigenvalue weighted by Crippen LogP contribution is -2.18. The summed E-state index contributed by atoms with van der Waals surface area (Å²) in [5.74, 6) is 0. The predicted octanol–water partition coefficient (Wildman–Crippen LogP) is 5.60. The number of anilines is 1. The van der Waals surface area contributed by atoms with Crippen molar-refractivity contribution in [2.75, 3.05) is 5.32 Å². The van der Waals surface area contributed by atoms with Crippen molar-refractivity contribution in [2.24, 2.45) is 0 Å². The zero-order valence-electron chi connectivity index (χ0n) is 10.6. The number of halogens is 4. The normalized spacial score (nSPS) is 18.1. The lowest BCUT2D eigenvalue weighted by Gasteiger charge is -2.19. The van der Waals surface area contributed by atoms with Gasteiger partial charge >= 0.3 is 6.18 Å². The molecule has 2 rings (SSSR count). The van der Waals surface area contributed by atoms with E-state index in [0.29, 0.717) is 10.5 Å². The van der Waals surface area contributed by atoms with Crippen LogP contribution in [0.15, 0.2) is 22.7 Å². The van der Waals surface area contributed by atoms with E-state index >= 15 is 0 Å². The highest BCUT2D eigenvalue weighted by Crippen LogP contribution is 2.34. The van der Waals surface area contributed by atoms with E-state index < -0.39 is 11.7 Å². The van der Waals surface area contributed by atoms with Crippen molar-refractivity contribution >= 4 is 21.6 Å². The minimum atomic E-state index is -4.29. The summed E-state index contributed by atoms with van der Waals surface area (Å²) >= 11 is 3.22. The molecule has 5 heteroatoms. The van der Waals surface area contributed by atoms with Crippen molar-refractivity contribution in [2.45, 2.75) is 50.7 Å². The number of benzene rings is 1. The van der Waals surface area contributed by atoms with Crippen molar-refractivity contribution in [3.63, 3.8) is 0 Å². The molecule has 0 spiro atoms. The Morgan fingerprint density at radius 1 is 1.05 bits per heavy atom. The molecule has 106 valence electrons. The van der Waals surface area contributed by atoms with Gasteiger partial charge in [-0.3, -0.25) is 0 Å². The van der Waals surface area contributed by atoms with E-state index in [1.165, 1.54) is 31.7 Å². The van der Waals surface area contributed by atoms with Gasteiger partial charge in [0, 0.05) is 16.2 Å². The van der Waals surface area contributed by atoms with Gasteiger partial charge < -0.3 is 5.32 Å². The fraction of sp³-hybridized carbons (Fsp3) is 0.571. The first-order valence-electron chi connectivity index (χ1n) is 6.60.